The summed E-state index contributed by atoms with van der Waals surface area (Å²) in [6.45, 7) is 6.39. The predicted octanol–water partition coefficient (Wildman–Crippen LogP) is 3.28. The van der Waals surface area contributed by atoms with Gasteiger partial charge in [0.2, 0.25) is 5.78 Å². The van der Waals surface area contributed by atoms with Gasteiger partial charge in [0, 0.05) is 13.0 Å². The number of unbranched alkanes of at least 4 members (excludes halogenated alkanes) is 1. The minimum Gasteiger partial charge on any atom is -0.454 e. The number of Topliss-reactive ketones (excluding diaryl/α,β-unsaturated/α-hetero) is 1. The third-order valence-corrected chi connectivity index (χ3v) is 2.68. The summed E-state index contributed by atoms with van der Waals surface area (Å²) in [6.07, 6.45) is 1.60. The second-order valence-electron chi connectivity index (χ2n) is 5.92. The molecule has 0 N–H and O–H groups in total. The zero-order valence-corrected chi connectivity index (χ0v) is 13.1. The summed E-state index contributed by atoms with van der Waals surface area (Å²) >= 11 is 0. The summed E-state index contributed by atoms with van der Waals surface area (Å²) in [6, 6.07) is 9.92. The zero-order chi connectivity index (χ0) is 15.7. The van der Waals surface area contributed by atoms with Crippen molar-refractivity contribution in [1.82, 2.24) is 0 Å². The maximum Gasteiger partial charge on any atom is 0.375 e. The van der Waals surface area contributed by atoms with Crippen molar-refractivity contribution < 1.29 is 19.1 Å². The van der Waals surface area contributed by atoms with Gasteiger partial charge in [-0.05, 0) is 39.2 Å². The van der Waals surface area contributed by atoms with Crippen molar-refractivity contribution in [3.05, 3.63) is 35.9 Å². The lowest BCUT2D eigenvalue weighted by Crippen LogP contribution is -2.28. The van der Waals surface area contributed by atoms with Crippen molar-refractivity contribution in [2.24, 2.45) is 0 Å². The molecule has 4 nitrogen and oxygen atoms in total. The largest absolute Gasteiger partial charge is 0.454 e. The SMILES string of the molecule is CC(C)(C)OC(=O)C(=O)CCCCOCc1ccccc1. The van der Waals surface area contributed by atoms with E-state index in [2.05, 4.69) is 0 Å². The van der Waals surface area contributed by atoms with Crippen molar-refractivity contribution in [2.75, 3.05) is 6.61 Å². The summed E-state index contributed by atoms with van der Waals surface area (Å²) < 4.78 is 10.5. The number of benzene rings is 1. The fourth-order valence-corrected chi connectivity index (χ4v) is 1.69. The third-order valence-electron chi connectivity index (χ3n) is 2.68. The third kappa shape index (κ3) is 8.25. The number of rotatable bonds is 8. The van der Waals surface area contributed by atoms with Gasteiger partial charge in [-0.1, -0.05) is 30.3 Å². The first-order chi connectivity index (χ1) is 9.88. The topological polar surface area (TPSA) is 52.6 Å². The molecular weight excluding hydrogens is 268 g/mol. The van der Waals surface area contributed by atoms with Crippen molar-refractivity contribution >= 4 is 11.8 Å². The molecule has 0 heterocycles. The second kappa shape index (κ2) is 8.57. The minimum atomic E-state index is -0.743. The molecule has 0 spiro atoms. The molecule has 1 rings (SSSR count). The van der Waals surface area contributed by atoms with Crippen LogP contribution < -0.4 is 0 Å². The summed E-state index contributed by atoms with van der Waals surface area (Å²) in [5, 5.41) is 0. The molecule has 21 heavy (non-hydrogen) atoms. The van der Waals surface area contributed by atoms with E-state index in [1.165, 1.54) is 0 Å². The minimum absolute atomic E-state index is 0.212. The fraction of sp³-hybridized carbons (Fsp3) is 0.529. The van der Waals surface area contributed by atoms with E-state index in [4.69, 9.17) is 9.47 Å². The van der Waals surface area contributed by atoms with Gasteiger partial charge in [-0.15, -0.1) is 0 Å². The molecule has 1 aromatic rings. The first-order valence-corrected chi connectivity index (χ1v) is 7.26. The number of hydrogen-bond acceptors (Lipinski definition) is 4. The molecule has 4 heteroatoms. The van der Waals surface area contributed by atoms with Crippen molar-refractivity contribution in [3.63, 3.8) is 0 Å². The van der Waals surface area contributed by atoms with Crippen LogP contribution in [0.5, 0.6) is 0 Å². The molecule has 0 saturated carbocycles. The lowest BCUT2D eigenvalue weighted by molar-refractivity contribution is -0.162. The molecule has 0 unspecified atom stereocenters. The van der Waals surface area contributed by atoms with Gasteiger partial charge in [0.25, 0.3) is 0 Å². The second-order valence-corrected chi connectivity index (χ2v) is 5.92. The van der Waals surface area contributed by atoms with Crippen molar-refractivity contribution in [3.8, 4) is 0 Å². The van der Waals surface area contributed by atoms with Crippen LogP contribution in [0.15, 0.2) is 30.3 Å². The summed E-state index contributed by atoms with van der Waals surface area (Å²) in [4.78, 5) is 23.0. The molecule has 0 radical (unpaired) electrons. The van der Waals surface area contributed by atoms with E-state index in [9.17, 15) is 9.59 Å². The van der Waals surface area contributed by atoms with Gasteiger partial charge in [0.15, 0.2) is 0 Å². The van der Waals surface area contributed by atoms with Crippen LogP contribution in [0.3, 0.4) is 0 Å². The summed E-state index contributed by atoms with van der Waals surface area (Å²) in [5.41, 5.74) is 0.508. The maximum atomic E-state index is 11.6. The molecule has 0 aromatic heterocycles. The normalized spacial score (nSPS) is 11.2. The van der Waals surface area contributed by atoms with Crippen molar-refractivity contribution in [1.29, 1.82) is 0 Å². The van der Waals surface area contributed by atoms with Crippen LogP contribution in [-0.2, 0) is 25.7 Å². The highest BCUT2D eigenvalue weighted by atomic mass is 16.6. The zero-order valence-electron chi connectivity index (χ0n) is 13.1. The number of hydrogen-bond donors (Lipinski definition) is 0. The van der Waals surface area contributed by atoms with Crippen molar-refractivity contribution in [2.45, 2.75) is 52.2 Å². The predicted molar refractivity (Wildman–Crippen MR) is 80.8 cm³/mol. The van der Waals surface area contributed by atoms with E-state index in [1.54, 1.807) is 20.8 Å². The van der Waals surface area contributed by atoms with Crippen LogP contribution >= 0.6 is 0 Å². The quantitative estimate of drug-likeness (QED) is 0.419. The molecule has 0 bridgehead atoms. The lowest BCUT2D eigenvalue weighted by atomic mass is 10.1. The molecule has 0 aliphatic carbocycles. The van der Waals surface area contributed by atoms with E-state index in [1.807, 2.05) is 30.3 Å². The monoisotopic (exact) mass is 292 g/mol. The van der Waals surface area contributed by atoms with Gasteiger partial charge in [-0.3, -0.25) is 4.79 Å². The van der Waals surface area contributed by atoms with Crippen LogP contribution in [0, 0.1) is 0 Å². The van der Waals surface area contributed by atoms with Gasteiger partial charge in [0.05, 0.1) is 6.61 Å². The molecule has 0 fully saturated rings. The van der Waals surface area contributed by atoms with E-state index >= 15 is 0 Å². The van der Waals surface area contributed by atoms with Gasteiger partial charge >= 0.3 is 5.97 Å². The Kier molecular flexibility index (Phi) is 7.09. The van der Waals surface area contributed by atoms with E-state index < -0.39 is 17.4 Å². The molecule has 0 saturated heterocycles. The molecule has 1 aromatic carbocycles. The highest BCUT2D eigenvalue weighted by Gasteiger charge is 2.21. The maximum absolute atomic E-state index is 11.6. The molecule has 0 aliphatic heterocycles. The Morgan fingerprint density at radius 2 is 1.71 bits per heavy atom. The molecule has 116 valence electrons. The Labute approximate surface area is 126 Å². The average Bonchev–Trinajstić information content (AvgIpc) is 2.41. The van der Waals surface area contributed by atoms with Crippen LogP contribution in [-0.4, -0.2) is 24.0 Å². The number of ether oxygens (including phenoxy) is 2. The highest BCUT2D eigenvalue weighted by Crippen LogP contribution is 2.09. The van der Waals surface area contributed by atoms with E-state index in [0.29, 0.717) is 19.6 Å². The molecule has 0 atom stereocenters. The van der Waals surface area contributed by atoms with Gasteiger partial charge < -0.3 is 9.47 Å². The van der Waals surface area contributed by atoms with Crippen LogP contribution in [0.4, 0.5) is 0 Å². The first-order valence-electron chi connectivity index (χ1n) is 7.26. The van der Waals surface area contributed by atoms with Gasteiger partial charge in [-0.25, -0.2) is 4.79 Å². The Balaban J connectivity index is 2.08. The average molecular weight is 292 g/mol. The number of esters is 1. The molecule has 0 amide bonds. The molecular formula is C17H24O4. The van der Waals surface area contributed by atoms with Crippen LogP contribution in [0.2, 0.25) is 0 Å². The number of ketones is 1. The first kappa shape index (κ1) is 17.4. The van der Waals surface area contributed by atoms with Gasteiger partial charge in [0.1, 0.15) is 5.60 Å². The lowest BCUT2D eigenvalue weighted by Gasteiger charge is -2.18. The standard InChI is InChI=1S/C17H24O4/c1-17(2,3)21-16(19)15(18)11-7-8-12-20-13-14-9-5-4-6-10-14/h4-6,9-10H,7-8,11-13H2,1-3H3. The fourth-order valence-electron chi connectivity index (χ4n) is 1.69. The smallest absolute Gasteiger partial charge is 0.375 e. The summed E-state index contributed by atoms with van der Waals surface area (Å²) in [5.74, 6) is -1.21. The number of carbonyl (C=O) groups excluding carboxylic acids is 2. The Hall–Kier alpha value is -1.68. The van der Waals surface area contributed by atoms with Crippen LogP contribution in [0.1, 0.15) is 45.6 Å². The van der Waals surface area contributed by atoms with E-state index in [-0.39, 0.29) is 6.42 Å². The highest BCUT2D eigenvalue weighted by molar-refractivity contribution is 6.33. The number of carbonyl (C=O) groups is 2. The van der Waals surface area contributed by atoms with E-state index in [0.717, 1.165) is 12.0 Å². The Morgan fingerprint density at radius 3 is 2.33 bits per heavy atom. The Morgan fingerprint density at radius 1 is 1.05 bits per heavy atom. The van der Waals surface area contributed by atoms with Crippen LogP contribution in [0.25, 0.3) is 0 Å². The molecule has 0 aliphatic rings. The Bertz CT molecular complexity index is 446. The van der Waals surface area contributed by atoms with Gasteiger partial charge in [-0.2, -0.15) is 0 Å². The summed E-state index contributed by atoms with van der Waals surface area (Å²) in [7, 11) is 0.